The molecule has 1 amide bonds. The summed E-state index contributed by atoms with van der Waals surface area (Å²) in [7, 11) is 0. The highest BCUT2D eigenvalue weighted by Crippen LogP contribution is 2.67. The van der Waals surface area contributed by atoms with Gasteiger partial charge in [-0.3, -0.25) is 9.59 Å². The molecule has 3 saturated carbocycles. The summed E-state index contributed by atoms with van der Waals surface area (Å²) >= 11 is 0. The van der Waals surface area contributed by atoms with E-state index in [1.54, 1.807) is 0 Å². The minimum absolute atomic E-state index is 0.0138. The standard InChI is InChI=1S/C34H55NO7/c1-18(2)7-10-26(38)19(3)29-28(42-32-30(35-20(4)36)31(40)27(39)17-41-32)16-25-23-9-8-21-15-22(37)11-13-33(21,5)24(23)12-14-34(25,29)6/h8,18-19,22-25,27-32,37,39-40H,7,9-17H2,1-6H3,(H,35,36)/t19-,22+,23-,24+,25+,27?,28+,29+,30?,31?,32?,33+,34+/m1/s1. The fourth-order valence-electron chi connectivity index (χ4n) is 10.0. The average Bonchev–Trinajstić information content (AvgIpc) is 3.22. The Morgan fingerprint density at radius 3 is 2.55 bits per heavy atom. The van der Waals surface area contributed by atoms with Crippen molar-refractivity contribution in [3.8, 4) is 0 Å². The van der Waals surface area contributed by atoms with Gasteiger partial charge in [-0.1, -0.05) is 46.3 Å². The van der Waals surface area contributed by atoms with Gasteiger partial charge in [0.15, 0.2) is 6.29 Å². The lowest BCUT2D eigenvalue weighted by Gasteiger charge is -2.58. The van der Waals surface area contributed by atoms with Crippen LogP contribution in [0.5, 0.6) is 0 Å². The fourth-order valence-corrected chi connectivity index (χ4v) is 10.0. The van der Waals surface area contributed by atoms with Gasteiger partial charge in [0.05, 0.1) is 18.8 Å². The van der Waals surface area contributed by atoms with Crippen molar-refractivity contribution in [2.24, 2.45) is 46.3 Å². The number of ether oxygens (including phenoxy) is 2. The molecular formula is C34H55NO7. The van der Waals surface area contributed by atoms with E-state index < -0.39 is 24.5 Å². The lowest BCUT2D eigenvalue weighted by Crippen LogP contribution is -2.61. The molecule has 42 heavy (non-hydrogen) atoms. The number of aliphatic hydroxyl groups is 3. The number of ketones is 1. The Morgan fingerprint density at radius 1 is 1.12 bits per heavy atom. The van der Waals surface area contributed by atoms with Gasteiger partial charge in [0.2, 0.25) is 5.91 Å². The Labute approximate surface area is 252 Å². The zero-order valence-corrected chi connectivity index (χ0v) is 26.6. The number of rotatable bonds is 8. The number of nitrogens with one attached hydrogen (secondary N) is 1. The van der Waals surface area contributed by atoms with Crippen molar-refractivity contribution < 1.29 is 34.4 Å². The van der Waals surface area contributed by atoms with Crippen LogP contribution in [0.2, 0.25) is 0 Å². The number of hydrogen-bond donors (Lipinski definition) is 4. The highest BCUT2D eigenvalue weighted by molar-refractivity contribution is 5.81. The minimum Gasteiger partial charge on any atom is -0.393 e. The molecule has 13 atom stereocenters. The molecule has 0 bridgehead atoms. The quantitative estimate of drug-likeness (QED) is 0.314. The van der Waals surface area contributed by atoms with Gasteiger partial charge in [0, 0.05) is 25.2 Å². The maximum absolute atomic E-state index is 13.7. The number of Topliss-reactive ketones (excluding diaryl/α,β-unsaturated/α-hetero) is 1. The molecule has 0 aromatic carbocycles. The van der Waals surface area contributed by atoms with E-state index in [1.807, 2.05) is 0 Å². The first kappa shape index (κ1) is 32.1. The van der Waals surface area contributed by atoms with Gasteiger partial charge in [-0.05, 0) is 85.9 Å². The van der Waals surface area contributed by atoms with Crippen molar-refractivity contribution >= 4 is 11.7 Å². The van der Waals surface area contributed by atoms with Gasteiger partial charge >= 0.3 is 0 Å². The molecule has 8 heteroatoms. The molecule has 5 aliphatic rings. The Hall–Kier alpha value is -1.32. The molecule has 0 aromatic rings. The highest BCUT2D eigenvalue weighted by Gasteiger charge is 2.63. The molecule has 0 aromatic heterocycles. The van der Waals surface area contributed by atoms with E-state index in [4.69, 9.17) is 9.47 Å². The van der Waals surface area contributed by atoms with Crippen LogP contribution in [-0.4, -0.2) is 70.4 Å². The molecule has 238 valence electrons. The van der Waals surface area contributed by atoms with Crippen LogP contribution in [0, 0.1) is 46.3 Å². The summed E-state index contributed by atoms with van der Waals surface area (Å²) < 4.78 is 12.7. The minimum atomic E-state index is -1.21. The molecule has 1 heterocycles. The van der Waals surface area contributed by atoms with Crippen molar-refractivity contribution in [1.29, 1.82) is 0 Å². The maximum Gasteiger partial charge on any atom is 0.217 e. The molecule has 4 fully saturated rings. The number of carbonyl (C=O) groups excluding carboxylic acids is 2. The number of fused-ring (bicyclic) bond motifs is 5. The number of amides is 1. The van der Waals surface area contributed by atoms with E-state index in [0.29, 0.717) is 30.1 Å². The molecule has 0 radical (unpaired) electrons. The van der Waals surface area contributed by atoms with E-state index in [-0.39, 0.29) is 53.2 Å². The third-order valence-corrected chi connectivity index (χ3v) is 12.3. The van der Waals surface area contributed by atoms with Crippen LogP contribution in [0.1, 0.15) is 99.3 Å². The van der Waals surface area contributed by atoms with Crippen LogP contribution in [-0.2, 0) is 19.1 Å². The summed E-state index contributed by atoms with van der Waals surface area (Å²) in [5.74, 6) is 1.60. The average molecular weight is 590 g/mol. The first-order chi connectivity index (χ1) is 19.8. The monoisotopic (exact) mass is 589 g/mol. The number of carbonyl (C=O) groups is 2. The van der Waals surface area contributed by atoms with E-state index >= 15 is 0 Å². The van der Waals surface area contributed by atoms with E-state index in [1.165, 1.54) is 12.5 Å². The number of allylic oxidation sites excluding steroid dienone is 1. The molecule has 4 aliphatic carbocycles. The van der Waals surface area contributed by atoms with Gasteiger partial charge in [0.25, 0.3) is 0 Å². The third-order valence-electron chi connectivity index (χ3n) is 12.3. The third kappa shape index (κ3) is 5.76. The number of hydrogen-bond acceptors (Lipinski definition) is 7. The molecular weight excluding hydrogens is 534 g/mol. The Balaban J connectivity index is 1.46. The largest absolute Gasteiger partial charge is 0.393 e. The van der Waals surface area contributed by atoms with Crippen LogP contribution in [0.3, 0.4) is 0 Å². The normalized spacial score (nSPS) is 45.8. The Kier molecular flexibility index (Phi) is 9.34. The van der Waals surface area contributed by atoms with Crippen LogP contribution in [0.4, 0.5) is 0 Å². The fraction of sp³-hybridized carbons (Fsp3) is 0.882. The van der Waals surface area contributed by atoms with Gasteiger partial charge < -0.3 is 30.1 Å². The second kappa shape index (κ2) is 12.2. The molecule has 4 unspecified atom stereocenters. The van der Waals surface area contributed by atoms with E-state index in [9.17, 15) is 24.9 Å². The summed E-state index contributed by atoms with van der Waals surface area (Å²) in [6.07, 6.45) is 6.70. The molecule has 0 spiro atoms. The summed E-state index contributed by atoms with van der Waals surface area (Å²) in [4.78, 5) is 25.7. The van der Waals surface area contributed by atoms with Crippen LogP contribution in [0.15, 0.2) is 11.6 Å². The van der Waals surface area contributed by atoms with E-state index in [0.717, 1.165) is 51.4 Å². The lowest BCUT2D eigenvalue weighted by molar-refractivity contribution is -0.255. The Morgan fingerprint density at radius 2 is 1.86 bits per heavy atom. The van der Waals surface area contributed by atoms with E-state index in [2.05, 4.69) is 46.0 Å². The van der Waals surface area contributed by atoms with Crippen LogP contribution < -0.4 is 5.32 Å². The van der Waals surface area contributed by atoms with Gasteiger partial charge in [-0.25, -0.2) is 0 Å². The smallest absolute Gasteiger partial charge is 0.217 e. The van der Waals surface area contributed by atoms with Crippen molar-refractivity contribution in [3.63, 3.8) is 0 Å². The van der Waals surface area contributed by atoms with Crippen molar-refractivity contribution in [1.82, 2.24) is 5.32 Å². The molecule has 1 aliphatic heterocycles. The highest BCUT2D eigenvalue weighted by atomic mass is 16.7. The Bertz CT molecular complexity index is 1040. The zero-order chi connectivity index (χ0) is 30.6. The van der Waals surface area contributed by atoms with Crippen LogP contribution >= 0.6 is 0 Å². The molecule has 4 N–H and O–H groups in total. The predicted octanol–water partition coefficient (Wildman–Crippen LogP) is 4.15. The van der Waals surface area contributed by atoms with Gasteiger partial charge in [-0.15, -0.1) is 0 Å². The lowest BCUT2D eigenvalue weighted by atomic mass is 9.47. The maximum atomic E-state index is 13.7. The second-order valence-corrected chi connectivity index (χ2v) is 15.3. The van der Waals surface area contributed by atoms with Crippen molar-refractivity contribution in [3.05, 3.63) is 11.6 Å². The van der Waals surface area contributed by atoms with Crippen molar-refractivity contribution in [2.45, 2.75) is 136 Å². The number of aliphatic hydroxyl groups excluding tert-OH is 3. The molecule has 1 saturated heterocycles. The molecule has 8 nitrogen and oxygen atoms in total. The zero-order valence-electron chi connectivity index (χ0n) is 26.6. The first-order valence-electron chi connectivity index (χ1n) is 16.6. The summed E-state index contributed by atoms with van der Waals surface area (Å²) in [6.45, 7) is 12.5. The summed E-state index contributed by atoms with van der Waals surface area (Å²) in [5, 5.41) is 34.2. The molecule has 5 rings (SSSR count). The summed E-state index contributed by atoms with van der Waals surface area (Å²) in [5.41, 5.74) is 1.46. The topological polar surface area (TPSA) is 125 Å². The summed E-state index contributed by atoms with van der Waals surface area (Å²) in [6, 6.07) is -0.894. The SMILES string of the molecule is CC(=O)NC1C(O[C@H]2C[C@H]3[C@@H]4CC=C5C[C@@H](O)CC[C@]5(C)[C@H]4CC[C@]3(C)[C@H]2[C@H](C)C(=O)CCC(C)C)OCC(O)C1O. The second-order valence-electron chi connectivity index (χ2n) is 15.3. The van der Waals surface area contributed by atoms with Crippen molar-refractivity contribution in [2.75, 3.05) is 6.61 Å². The predicted molar refractivity (Wildman–Crippen MR) is 159 cm³/mol. The van der Waals surface area contributed by atoms with Gasteiger partial charge in [-0.2, -0.15) is 0 Å². The first-order valence-corrected chi connectivity index (χ1v) is 16.6. The van der Waals surface area contributed by atoms with Gasteiger partial charge in [0.1, 0.15) is 24.0 Å². The van der Waals surface area contributed by atoms with Crippen LogP contribution in [0.25, 0.3) is 0 Å².